The topological polar surface area (TPSA) is 26.3 Å². The lowest BCUT2D eigenvalue weighted by molar-refractivity contribution is -0.140. The van der Waals surface area contributed by atoms with Crippen molar-refractivity contribution in [1.82, 2.24) is 0 Å². The standard InChI is InChI=1S/C12H14O2/c1-9-11(8-12(13)14-9)7-10-5-3-2-4-6-10/h2-6,9,11H,7-8H2,1H3. The molecule has 0 aromatic heterocycles. The van der Waals surface area contributed by atoms with E-state index in [1.54, 1.807) is 0 Å². The maximum absolute atomic E-state index is 11.0. The lowest BCUT2D eigenvalue weighted by Gasteiger charge is -2.12. The Kier molecular flexibility index (Phi) is 2.53. The van der Waals surface area contributed by atoms with Crippen molar-refractivity contribution >= 4 is 5.97 Å². The minimum atomic E-state index is -0.0570. The van der Waals surface area contributed by atoms with E-state index >= 15 is 0 Å². The molecule has 1 aliphatic heterocycles. The van der Waals surface area contributed by atoms with E-state index in [9.17, 15) is 4.79 Å². The van der Waals surface area contributed by atoms with Crippen LogP contribution in [0.2, 0.25) is 0 Å². The second-order valence-electron chi connectivity index (χ2n) is 3.85. The molecule has 0 amide bonds. The van der Waals surface area contributed by atoms with E-state index in [-0.39, 0.29) is 12.1 Å². The first-order chi connectivity index (χ1) is 6.75. The number of cyclic esters (lactones) is 1. The molecule has 1 aromatic carbocycles. The van der Waals surface area contributed by atoms with Gasteiger partial charge in [-0.2, -0.15) is 0 Å². The van der Waals surface area contributed by atoms with Crippen LogP contribution in [0.3, 0.4) is 0 Å². The Morgan fingerprint density at radius 2 is 2.07 bits per heavy atom. The van der Waals surface area contributed by atoms with Crippen molar-refractivity contribution in [3.8, 4) is 0 Å². The molecular formula is C12H14O2. The minimum Gasteiger partial charge on any atom is -0.462 e. The van der Waals surface area contributed by atoms with Gasteiger partial charge in [0.1, 0.15) is 6.10 Å². The fraction of sp³-hybridized carbons (Fsp3) is 0.417. The van der Waals surface area contributed by atoms with Gasteiger partial charge in [0, 0.05) is 5.92 Å². The van der Waals surface area contributed by atoms with E-state index < -0.39 is 0 Å². The van der Waals surface area contributed by atoms with Crippen LogP contribution in [0, 0.1) is 5.92 Å². The molecule has 0 spiro atoms. The first-order valence-electron chi connectivity index (χ1n) is 4.99. The van der Waals surface area contributed by atoms with Crippen LogP contribution in [0.15, 0.2) is 30.3 Å². The summed E-state index contributed by atoms with van der Waals surface area (Å²) < 4.78 is 5.11. The molecule has 74 valence electrons. The van der Waals surface area contributed by atoms with Gasteiger partial charge in [0.15, 0.2) is 0 Å². The molecule has 2 unspecified atom stereocenters. The van der Waals surface area contributed by atoms with Crippen molar-refractivity contribution in [3.05, 3.63) is 35.9 Å². The number of rotatable bonds is 2. The number of hydrogen-bond acceptors (Lipinski definition) is 2. The second kappa shape index (κ2) is 3.82. The van der Waals surface area contributed by atoms with Crippen molar-refractivity contribution in [2.24, 2.45) is 5.92 Å². The van der Waals surface area contributed by atoms with Crippen molar-refractivity contribution in [2.75, 3.05) is 0 Å². The van der Waals surface area contributed by atoms with Crippen LogP contribution >= 0.6 is 0 Å². The van der Waals surface area contributed by atoms with Crippen molar-refractivity contribution in [3.63, 3.8) is 0 Å². The number of carbonyl (C=O) groups excluding carboxylic acids is 1. The summed E-state index contributed by atoms with van der Waals surface area (Å²) in [4.78, 5) is 11.0. The van der Waals surface area contributed by atoms with E-state index in [1.165, 1.54) is 5.56 Å². The van der Waals surface area contributed by atoms with Crippen LogP contribution in [-0.2, 0) is 16.0 Å². The Bertz CT molecular complexity index is 318. The molecule has 1 aliphatic rings. The molecule has 0 bridgehead atoms. The van der Waals surface area contributed by atoms with Gasteiger partial charge in [0.25, 0.3) is 0 Å². The number of ether oxygens (including phenoxy) is 1. The molecule has 1 heterocycles. The van der Waals surface area contributed by atoms with Crippen LogP contribution < -0.4 is 0 Å². The molecule has 2 rings (SSSR count). The molecule has 0 saturated carbocycles. The molecule has 0 N–H and O–H groups in total. The largest absolute Gasteiger partial charge is 0.462 e. The van der Waals surface area contributed by atoms with Crippen LogP contribution in [0.25, 0.3) is 0 Å². The maximum Gasteiger partial charge on any atom is 0.306 e. The monoisotopic (exact) mass is 190 g/mol. The van der Waals surface area contributed by atoms with Crippen molar-refractivity contribution in [2.45, 2.75) is 25.9 Å². The van der Waals surface area contributed by atoms with Gasteiger partial charge >= 0.3 is 5.97 Å². The van der Waals surface area contributed by atoms with Gasteiger partial charge in [-0.05, 0) is 18.9 Å². The summed E-state index contributed by atoms with van der Waals surface area (Å²) in [7, 11) is 0. The first kappa shape index (κ1) is 9.25. The van der Waals surface area contributed by atoms with Gasteiger partial charge in [-0.1, -0.05) is 30.3 Å². The van der Waals surface area contributed by atoms with Gasteiger partial charge in [-0.15, -0.1) is 0 Å². The minimum absolute atomic E-state index is 0.0570. The summed E-state index contributed by atoms with van der Waals surface area (Å²) in [5, 5.41) is 0. The zero-order chi connectivity index (χ0) is 9.97. The Morgan fingerprint density at radius 3 is 2.64 bits per heavy atom. The highest BCUT2D eigenvalue weighted by molar-refractivity contribution is 5.72. The molecule has 14 heavy (non-hydrogen) atoms. The van der Waals surface area contributed by atoms with Crippen molar-refractivity contribution < 1.29 is 9.53 Å². The Morgan fingerprint density at radius 1 is 1.36 bits per heavy atom. The predicted molar refractivity (Wildman–Crippen MR) is 53.8 cm³/mol. The van der Waals surface area contributed by atoms with Crippen LogP contribution in [-0.4, -0.2) is 12.1 Å². The SMILES string of the molecule is CC1OC(=O)CC1Cc1ccccc1. The lowest BCUT2D eigenvalue weighted by Crippen LogP contribution is -2.13. The molecule has 1 aromatic rings. The number of benzene rings is 1. The smallest absolute Gasteiger partial charge is 0.306 e. The average Bonchev–Trinajstić information content (AvgIpc) is 2.47. The maximum atomic E-state index is 11.0. The third kappa shape index (κ3) is 1.95. The van der Waals surface area contributed by atoms with Crippen LogP contribution in [0.4, 0.5) is 0 Å². The van der Waals surface area contributed by atoms with Crippen LogP contribution in [0.1, 0.15) is 18.9 Å². The predicted octanol–water partition coefficient (Wildman–Crippen LogP) is 2.18. The molecular weight excluding hydrogens is 176 g/mol. The number of esters is 1. The lowest BCUT2D eigenvalue weighted by atomic mass is 9.94. The zero-order valence-electron chi connectivity index (χ0n) is 8.27. The summed E-state index contributed by atoms with van der Waals surface area (Å²) in [6, 6.07) is 10.2. The Hall–Kier alpha value is -1.31. The number of carbonyl (C=O) groups is 1. The molecule has 0 radical (unpaired) electrons. The average molecular weight is 190 g/mol. The molecule has 2 atom stereocenters. The zero-order valence-corrected chi connectivity index (χ0v) is 8.27. The highest BCUT2D eigenvalue weighted by Crippen LogP contribution is 2.25. The van der Waals surface area contributed by atoms with E-state index in [0.717, 1.165) is 6.42 Å². The number of hydrogen-bond donors (Lipinski definition) is 0. The van der Waals surface area contributed by atoms with Gasteiger partial charge in [-0.25, -0.2) is 0 Å². The highest BCUT2D eigenvalue weighted by Gasteiger charge is 2.30. The first-order valence-corrected chi connectivity index (χ1v) is 4.99. The molecule has 2 heteroatoms. The fourth-order valence-corrected chi connectivity index (χ4v) is 1.89. The molecule has 1 fully saturated rings. The third-order valence-corrected chi connectivity index (χ3v) is 2.75. The van der Waals surface area contributed by atoms with E-state index in [1.807, 2.05) is 25.1 Å². The van der Waals surface area contributed by atoms with E-state index in [0.29, 0.717) is 12.3 Å². The van der Waals surface area contributed by atoms with Gasteiger partial charge in [-0.3, -0.25) is 4.79 Å². The normalized spacial score (nSPS) is 26.2. The summed E-state index contributed by atoms with van der Waals surface area (Å²) >= 11 is 0. The fourth-order valence-electron chi connectivity index (χ4n) is 1.89. The second-order valence-corrected chi connectivity index (χ2v) is 3.85. The summed E-state index contributed by atoms with van der Waals surface area (Å²) in [6.07, 6.45) is 1.58. The molecule has 1 saturated heterocycles. The Balaban J connectivity index is 2.02. The molecule has 2 nitrogen and oxygen atoms in total. The highest BCUT2D eigenvalue weighted by atomic mass is 16.5. The van der Waals surface area contributed by atoms with Gasteiger partial charge < -0.3 is 4.74 Å². The summed E-state index contributed by atoms with van der Waals surface area (Å²) in [5.74, 6) is 0.295. The van der Waals surface area contributed by atoms with Crippen molar-refractivity contribution in [1.29, 1.82) is 0 Å². The van der Waals surface area contributed by atoms with E-state index in [2.05, 4.69) is 12.1 Å². The van der Waals surface area contributed by atoms with Gasteiger partial charge in [0.05, 0.1) is 6.42 Å². The van der Waals surface area contributed by atoms with E-state index in [4.69, 9.17) is 4.74 Å². The Labute approximate surface area is 83.9 Å². The van der Waals surface area contributed by atoms with Crippen LogP contribution in [0.5, 0.6) is 0 Å². The van der Waals surface area contributed by atoms with Gasteiger partial charge in [0.2, 0.25) is 0 Å². The summed E-state index contributed by atoms with van der Waals surface area (Å²) in [5.41, 5.74) is 1.28. The third-order valence-electron chi connectivity index (χ3n) is 2.75. The molecule has 0 aliphatic carbocycles. The summed E-state index contributed by atoms with van der Waals surface area (Å²) in [6.45, 7) is 1.97. The quantitative estimate of drug-likeness (QED) is 0.668.